The fourth-order valence-corrected chi connectivity index (χ4v) is 3.51. The molecule has 20 heavy (non-hydrogen) atoms. The van der Waals surface area contributed by atoms with Gasteiger partial charge < -0.3 is 15.3 Å². The normalized spacial score (nSPS) is 29.8. The van der Waals surface area contributed by atoms with E-state index in [0.29, 0.717) is 12.3 Å². The van der Waals surface area contributed by atoms with Gasteiger partial charge in [-0.25, -0.2) is 4.79 Å². The minimum Gasteiger partial charge on any atom is -0.481 e. The summed E-state index contributed by atoms with van der Waals surface area (Å²) in [5.41, 5.74) is 0. The van der Waals surface area contributed by atoms with E-state index in [4.69, 9.17) is 0 Å². The summed E-state index contributed by atoms with van der Waals surface area (Å²) in [7, 11) is 0. The SMILES string of the molecule is CC(C)CCC(C)NC(=O)N1C2CCC1C(C(=O)O)C2. The Kier molecular flexibility index (Phi) is 4.55. The number of aliphatic carboxylic acids is 1. The molecule has 0 radical (unpaired) electrons. The van der Waals surface area contributed by atoms with Crippen molar-refractivity contribution in [3.05, 3.63) is 0 Å². The third-order valence-electron chi connectivity index (χ3n) is 4.64. The van der Waals surface area contributed by atoms with Crippen LogP contribution in [0.2, 0.25) is 0 Å². The second kappa shape index (κ2) is 6.02. The van der Waals surface area contributed by atoms with Gasteiger partial charge in [0.05, 0.1) is 5.92 Å². The van der Waals surface area contributed by atoms with Crippen molar-refractivity contribution in [2.24, 2.45) is 11.8 Å². The lowest BCUT2D eigenvalue weighted by Crippen LogP contribution is -2.47. The molecule has 0 aliphatic carbocycles. The number of fused-ring (bicyclic) bond motifs is 2. The molecule has 0 saturated carbocycles. The molecule has 2 N–H and O–H groups in total. The van der Waals surface area contributed by atoms with Crippen molar-refractivity contribution in [2.45, 2.75) is 71.0 Å². The van der Waals surface area contributed by atoms with Gasteiger partial charge in [0.25, 0.3) is 0 Å². The molecule has 2 rings (SSSR count). The number of carboxylic acids is 1. The molecule has 2 aliphatic heterocycles. The molecule has 4 atom stereocenters. The summed E-state index contributed by atoms with van der Waals surface area (Å²) in [6.07, 6.45) is 4.45. The number of nitrogens with one attached hydrogen (secondary N) is 1. The molecule has 0 spiro atoms. The van der Waals surface area contributed by atoms with E-state index in [1.807, 2.05) is 6.92 Å². The van der Waals surface area contributed by atoms with Crippen LogP contribution in [-0.4, -0.2) is 40.1 Å². The Morgan fingerprint density at radius 1 is 1.25 bits per heavy atom. The first-order valence-corrected chi connectivity index (χ1v) is 7.71. The number of rotatable bonds is 5. The molecule has 2 bridgehead atoms. The zero-order valence-corrected chi connectivity index (χ0v) is 12.6. The van der Waals surface area contributed by atoms with Crippen LogP contribution >= 0.6 is 0 Å². The molecule has 2 amide bonds. The predicted octanol–water partition coefficient (Wildman–Crippen LogP) is 2.46. The van der Waals surface area contributed by atoms with Gasteiger partial charge in [0.2, 0.25) is 0 Å². The van der Waals surface area contributed by atoms with Gasteiger partial charge in [0.1, 0.15) is 0 Å². The minimum atomic E-state index is -0.761. The zero-order chi connectivity index (χ0) is 14.9. The van der Waals surface area contributed by atoms with E-state index >= 15 is 0 Å². The van der Waals surface area contributed by atoms with Gasteiger partial charge in [-0.2, -0.15) is 0 Å². The minimum absolute atomic E-state index is 0.0718. The Morgan fingerprint density at radius 3 is 2.50 bits per heavy atom. The fraction of sp³-hybridized carbons (Fsp3) is 0.867. The maximum absolute atomic E-state index is 12.4. The summed E-state index contributed by atoms with van der Waals surface area (Å²) in [6, 6.07) is 0.0962. The quantitative estimate of drug-likeness (QED) is 0.813. The van der Waals surface area contributed by atoms with E-state index < -0.39 is 5.97 Å². The van der Waals surface area contributed by atoms with Crippen LogP contribution in [0.5, 0.6) is 0 Å². The first kappa shape index (κ1) is 15.1. The Morgan fingerprint density at radius 2 is 1.95 bits per heavy atom. The topological polar surface area (TPSA) is 69.6 Å². The third-order valence-corrected chi connectivity index (χ3v) is 4.64. The van der Waals surface area contributed by atoms with E-state index in [-0.39, 0.29) is 30.1 Å². The van der Waals surface area contributed by atoms with Crippen LogP contribution in [0.3, 0.4) is 0 Å². The lowest BCUT2D eigenvalue weighted by molar-refractivity contribution is -0.142. The summed E-state index contributed by atoms with van der Waals surface area (Å²) < 4.78 is 0. The van der Waals surface area contributed by atoms with E-state index in [9.17, 15) is 14.7 Å². The fourth-order valence-electron chi connectivity index (χ4n) is 3.51. The van der Waals surface area contributed by atoms with E-state index in [1.165, 1.54) is 0 Å². The molecule has 5 heteroatoms. The van der Waals surface area contributed by atoms with Crippen molar-refractivity contribution in [2.75, 3.05) is 0 Å². The standard InChI is InChI=1S/C15H26N2O3/c1-9(2)4-5-10(3)16-15(20)17-11-6-7-13(17)12(8-11)14(18)19/h9-13H,4-8H2,1-3H3,(H,16,20)(H,18,19). The number of nitrogens with zero attached hydrogens (tertiary/aromatic N) is 1. The maximum Gasteiger partial charge on any atom is 0.318 e. The molecule has 2 saturated heterocycles. The molecule has 2 heterocycles. The van der Waals surface area contributed by atoms with E-state index in [0.717, 1.165) is 25.7 Å². The number of amides is 2. The van der Waals surface area contributed by atoms with Crippen LogP contribution in [0.15, 0.2) is 0 Å². The highest BCUT2D eigenvalue weighted by atomic mass is 16.4. The predicted molar refractivity (Wildman–Crippen MR) is 76.5 cm³/mol. The van der Waals surface area contributed by atoms with Gasteiger partial charge in [-0.15, -0.1) is 0 Å². The van der Waals surface area contributed by atoms with Gasteiger partial charge in [0, 0.05) is 18.1 Å². The molecule has 0 aromatic heterocycles. The van der Waals surface area contributed by atoms with Gasteiger partial charge in [0.15, 0.2) is 0 Å². The molecule has 2 aliphatic rings. The molecule has 0 aromatic rings. The number of carbonyl (C=O) groups excluding carboxylic acids is 1. The van der Waals surface area contributed by atoms with Gasteiger partial charge in [-0.05, 0) is 44.9 Å². The Hall–Kier alpha value is -1.26. The summed E-state index contributed by atoms with van der Waals surface area (Å²) in [5.74, 6) is -0.498. The molecule has 2 fully saturated rings. The van der Waals surface area contributed by atoms with Gasteiger partial charge >= 0.3 is 12.0 Å². The molecule has 0 aromatic carbocycles. The summed E-state index contributed by atoms with van der Waals surface area (Å²) in [6.45, 7) is 6.37. The number of carboxylic acid groups (broad SMARTS) is 1. The number of carbonyl (C=O) groups is 2. The largest absolute Gasteiger partial charge is 0.481 e. The highest BCUT2D eigenvalue weighted by Crippen LogP contribution is 2.41. The first-order chi connectivity index (χ1) is 9.40. The number of hydrogen-bond acceptors (Lipinski definition) is 2. The molecule has 114 valence electrons. The van der Waals surface area contributed by atoms with Crippen molar-refractivity contribution >= 4 is 12.0 Å². The summed E-state index contributed by atoms with van der Waals surface area (Å²) in [4.78, 5) is 25.3. The van der Waals surface area contributed by atoms with Crippen LogP contribution < -0.4 is 5.32 Å². The van der Waals surface area contributed by atoms with Crippen molar-refractivity contribution in [3.8, 4) is 0 Å². The molecule has 5 nitrogen and oxygen atoms in total. The average Bonchev–Trinajstić information content (AvgIpc) is 2.93. The summed E-state index contributed by atoms with van der Waals surface area (Å²) >= 11 is 0. The highest BCUT2D eigenvalue weighted by Gasteiger charge is 2.51. The number of urea groups is 1. The monoisotopic (exact) mass is 282 g/mol. The van der Waals surface area contributed by atoms with Crippen LogP contribution in [0.25, 0.3) is 0 Å². The first-order valence-electron chi connectivity index (χ1n) is 7.71. The van der Waals surface area contributed by atoms with Crippen LogP contribution in [-0.2, 0) is 4.79 Å². The van der Waals surface area contributed by atoms with E-state index in [2.05, 4.69) is 19.2 Å². The molecule has 4 unspecified atom stereocenters. The van der Waals surface area contributed by atoms with Crippen LogP contribution in [0.4, 0.5) is 4.79 Å². The Labute approximate surface area is 120 Å². The van der Waals surface area contributed by atoms with E-state index in [1.54, 1.807) is 4.90 Å². The van der Waals surface area contributed by atoms with Crippen molar-refractivity contribution in [1.29, 1.82) is 0 Å². The lowest BCUT2D eigenvalue weighted by Gasteiger charge is -2.26. The van der Waals surface area contributed by atoms with Crippen LogP contribution in [0, 0.1) is 11.8 Å². The summed E-state index contributed by atoms with van der Waals surface area (Å²) in [5, 5.41) is 12.2. The smallest absolute Gasteiger partial charge is 0.318 e. The molecular formula is C15H26N2O3. The Bertz CT molecular complexity index is 383. The lowest BCUT2D eigenvalue weighted by atomic mass is 9.89. The second-order valence-corrected chi connectivity index (χ2v) is 6.71. The zero-order valence-electron chi connectivity index (χ0n) is 12.6. The Balaban J connectivity index is 1.89. The van der Waals surface area contributed by atoms with Gasteiger partial charge in [-0.3, -0.25) is 4.79 Å². The maximum atomic E-state index is 12.4. The van der Waals surface area contributed by atoms with Gasteiger partial charge in [-0.1, -0.05) is 13.8 Å². The highest BCUT2D eigenvalue weighted by molar-refractivity contribution is 5.79. The van der Waals surface area contributed by atoms with Crippen molar-refractivity contribution in [3.63, 3.8) is 0 Å². The molecular weight excluding hydrogens is 256 g/mol. The number of hydrogen-bond donors (Lipinski definition) is 2. The van der Waals surface area contributed by atoms with Crippen molar-refractivity contribution < 1.29 is 14.7 Å². The van der Waals surface area contributed by atoms with Crippen molar-refractivity contribution in [1.82, 2.24) is 10.2 Å². The second-order valence-electron chi connectivity index (χ2n) is 6.71. The van der Waals surface area contributed by atoms with Crippen LogP contribution in [0.1, 0.15) is 52.9 Å². The average molecular weight is 282 g/mol. The third kappa shape index (κ3) is 3.07.